The molecule has 0 fully saturated rings. The first kappa shape index (κ1) is 20.4. The number of alkyl carbamates (subject to hydrolysis) is 1. The second kappa shape index (κ2) is 8.47. The number of amides is 2. The molecule has 25 heavy (non-hydrogen) atoms. The van der Waals surface area contributed by atoms with Gasteiger partial charge in [0.15, 0.2) is 6.10 Å². The van der Waals surface area contributed by atoms with Crippen LogP contribution in [0.4, 0.5) is 10.5 Å². The lowest BCUT2D eigenvalue weighted by molar-refractivity contribution is -0.153. The number of carbonyl (C=O) groups is 3. The van der Waals surface area contributed by atoms with Gasteiger partial charge < -0.3 is 9.47 Å². The standard InChI is InChI=1S/C15H20N2O7S/c1-10-7-5-6-8-12(10)17(25(4,21)22)9-13(18)24-11(2)14(19)16-15(20)23-3/h5-8,11H,9H2,1-4H3,(H,16,19,20)/t11-/m0/s1. The Hall–Kier alpha value is -2.62. The molecule has 1 N–H and O–H groups in total. The van der Waals surface area contributed by atoms with E-state index in [1.807, 2.05) is 5.32 Å². The topological polar surface area (TPSA) is 119 Å². The van der Waals surface area contributed by atoms with E-state index in [9.17, 15) is 22.8 Å². The molecule has 9 nitrogen and oxygen atoms in total. The highest BCUT2D eigenvalue weighted by molar-refractivity contribution is 7.92. The van der Waals surface area contributed by atoms with Crippen molar-refractivity contribution in [3.8, 4) is 0 Å². The number of imide groups is 1. The summed E-state index contributed by atoms with van der Waals surface area (Å²) in [7, 11) is -2.68. The molecule has 0 aliphatic rings. The number of nitrogens with one attached hydrogen (secondary N) is 1. The highest BCUT2D eigenvalue weighted by Crippen LogP contribution is 2.21. The average Bonchev–Trinajstić information content (AvgIpc) is 2.52. The van der Waals surface area contributed by atoms with E-state index in [1.54, 1.807) is 31.2 Å². The molecule has 10 heteroatoms. The second-order valence-electron chi connectivity index (χ2n) is 5.17. The molecule has 1 aromatic carbocycles. The molecule has 138 valence electrons. The Morgan fingerprint density at radius 3 is 2.36 bits per heavy atom. The molecular weight excluding hydrogens is 352 g/mol. The van der Waals surface area contributed by atoms with Gasteiger partial charge in [-0.25, -0.2) is 13.2 Å². The number of methoxy groups -OCH3 is 1. The Kier molecular flexibility index (Phi) is 6.92. The fourth-order valence-corrected chi connectivity index (χ4v) is 2.78. The number of anilines is 1. The maximum atomic E-state index is 12.0. The quantitative estimate of drug-likeness (QED) is 0.725. The summed E-state index contributed by atoms with van der Waals surface area (Å²) in [6, 6.07) is 6.62. The monoisotopic (exact) mass is 372 g/mol. The van der Waals surface area contributed by atoms with Gasteiger partial charge in [0, 0.05) is 0 Å². The van der Waals surface area contributed by atoms with Gasteiger partial charge in [-0.15, -0.1) is 0 Å². The number of carbonyl (C=O) groups excluding carboxylic acids is 3. The van der Waals surface area contributed by atoms with Crippen molar-refractivity contribution < 1.29 is 32.3 Å². The van der Waals surface area contributed by atoms with Crippen molar-refractivity contribution in [3.05, 3.63) is 29.8 Å². The average molecular weight is 372 g/mol. The minimum absolute atomic E-state index is 0.327. The number of ether oxygens (including phenoxy) is 2. The Bertz CT molecular complexity index is 761. The molecule has 1 atom stereocenters. The van der Waals surface area contributed by atoms with E-state index < -0.39 is 40.6 Å². The maximum absolute atomic E-state index is 12.0. The summed E-state index contributed by atoms with van der Waals surface area (Å²) in [5.74, 6) is -1.83. The highest BCUT2D eigenvalue weighted by atomic mass is 32.2. The zero-order valence-corrected chi connectivity index (χ0v) is 15.1. The van der Waals surface area contributed by atoms with Crippen LogP contribution in [0.25, 0.3) is 0 Å². The molecule has 0 spiro atoms. The van der Waals surface area contributed by atoms with Gasteiger partial charge in [0.25, 0.3) is 5.91 Å². The molecule has 0 aliphatic heterocycles. The Balaban J connectivity index is 2.86. The Morgan fingerprint density at radius 2 is 1.84 bits per heavy atom. The molecule has 0 unspecified atom stereocenters. The van der Waals surface area contributed by atoms with Gasteiger partial charge in [-0.05, 0) is 25.5 Å². The smallest absolute Gasteiger partial charge is 0.413 e. The van der Waals surface area contributed by atoms with Gasteiger partial charge in [-0.3, -0.25) is 19.2 Å². The van der Waals surface area contributed by atoms with E-state index in [0.29, 0.717) is 11.3 Å². The van der Waals surface area contributed by atoms with E-state index in [1.165, 1.54) is 6.92 Å². The Labute approximate surface area is 145 Å². The van der Waals surface area contributed by atoms with Gasteiger partial charge in [0.2, 0.25) is 10.0 Å². The number of para-hydroxylation sites is 1. The van der Waals surface area contributed by atoms with E-state index in [4.69, 9.17) is 4.74 Å². The van der Waals surface area contributed by atoms with E-state index in [2.05, 4.69) is 4.74 Å². The fraction of sp³-hybridized carbons (Fsp3) is 0.400. The first-order valence-electron chi connectivity index (χ1n) is 7.18. The molecule has 0 radical (unpaired) electrons. The summed E-state index contributed by atoms with van der Waals surface area (Å²) in [6.45, 7) is 2.33. The number of benzene rings is 1. The second-order valence-corrected chi connectivity index (χ2v) is 7.08. The predicted octanol–water partition coefficient (Wildman–Crippen LogP) is 0.575. The van der Waals surface area contributed by atoms with Gasteiger partial charge in [0.05, 0.1) is 19.1 Å². The molecule has 0 aromatic heterocycles. The van der Waals surface area contributed by atoms with Crippen LogP contribution >= 0.6 is 0 Å². The number of nitrogens with zero attached hydrogens (tertiary/aromatic N) is 1. The third-order valence-corrected chi connectivity index (χ3v) is 4.27. The first-order valence-corrected chi connectivity index (χ1v) is 9.02. The SMILES string of the molecule is COC(=O)NC(=O)[C@H](C)OC(=O)CN(c1ccccc1C)S(C)(=O)=O. The van der Waals surface area contributed by atoms with Gasteiger partial charge in [0.1, 0.15) is 6.54 Å². The molecule has 1 aromatic rings. The van der Waals surface area contributed by atoms with Crippen LogP contribution in [0, 0.1) is 6.92 Å². The van der Waals surface area contributed by atoms with Crippen molar-refractivity contribution in [2.45, 2.75) is 20.0 Å². The lowest BCUT2D eigenvalue weighted by atomic mass is 10.2. The predicted molar refractivity (Wildman–Crippen MR) is 89.5 cm³/mol. The van der Waals surface area contributed by atoms with Crippen LogP contribution in [0.5, 0.6) is 0 Å². The zero-order valence-electron chi connectivity index (χ0n) is 14.3. The number of hydrogen-bond acceptors (Lipinski definition) is 7. The third kappa shape index (κ3) is 6.07. The van der Waals surface area contributed by atoms with E-state index in [0.717, 1.165) is 17.7 Å². The van der Waals surface area contributed by atoms with Crippen LogP contribution in [0.2, 0.25) is 0 Å². The summed E-state index contributed by atoms with van der Waals surface area (Å²) in [5, 5.41) is 1.85. The largest absolute Gasteiger partial charge is 0.453 e. The number of esters is 1. The van der Waals surface area contributed by atoms with E-state index in [-0.39, 0.29) is 0 Å². The van der Waals surface area contributed by atoms with Crippen molar-refractivity contribution in [3.63, 3.8) is 0 Å². The lowest BCUT2D eigenvalue weighted by Gasteiger charge is -2.23. The molecule has 1 rings (SSSR count). The van der Waals surface area contributed by atoms with Crippen LogP contribution in [-0.4, -0.2) is 52.4 Å². The molecule has 0 bridgehead atoms. The fourth-order valence-electron chi connectivity index (χ4n) is 1.88. The summed E-state index contributed by atoms with van der Waals surface area (Å²) in [6.07, 6.45) is -1.34. The minimum atomic E-state index is -3.76. The lowest BCUT2D eigenvalue weighted by Crippen LogP contribution is -2.42. The van der Waals surface area contributed by atoms with Crippen molar-refractivity contribution in [1.82, 2.24) is 5.32 Å². The van der Waals surface area contributed by atoms with Crippen molar-refractivity contribution >= 4 is 33.7 Å². The van der Waals surface area contributed by atoms with Crippen molar-refractivity contribution in [1.29, 1.82) is 0 Å². The maximum Gasteiger partial charge on any atom is 0.413 e. The van der Waals surface area contributed by atoms with Crippen LogP contribution in [0.15, 0.2) is 24.3 Å². The van der Waals surface area contributed by atoms with Crippen LogP contribution in [0.3, 0.4) is 0 Å². The number of hydrogen-bond donors (Lipinski definition) is 1. The summed E-state index contributed by atoms with van der Waals surface area (Å²) >= 11 is 0. The number of rotatable bonds is 6. The summed E-state index contributed by atoms with van der Waals surface area (Å²) in [4.78, 5) is 34.6. The molecule has 0 saturated heterocycles. The first-order chi connectivity index (χ1) is 11.6. The molecule has 0 aliphatic carbocycles. The normalized spacial score (nSPS) is 12.0. The number of sulfonamides is 1. The van der Waals surface area contributed by atoms with Crippen molar-refractivity contribution in [2.24, 2.45) is 0 Å². The van der Waals surface area contributed by atoms with E-state index >= 15 is 0 Å². The Morgan fingerprint density at radius 1 is 1.24 bits per heavy atom. The molecular formula is C15H20N2O7S. The number of aryl methyl sites for hydroxylation is 1. The summed E-state index contributed by atoms with van der Waals surface area (Å²) in [5.41, 5.74) is 0.978. The van der Waals surface area contributed by atoms with Crippen LogP contribution < -0.4 is 9.62 Å². The molecule has 0 heterocycles. The van der Waals surface area contributed by atoms with Gasteiger partial charge in [-0.2, -0.15) is 0 Å². The molecule has 0 saturated carbocycles. The third-order valence-electron chi connectivity index (χ3n) is 3.15. The van der Waals surface area contributed by atoms with Crippen LogP contribution in [0.1, 0.15) is 12.5 Å². The van der Waals surface area contributed by atoms with Crippen molar-refractivity contribution in [2.75, 3.05) is 24.2 Å². The van der Waals surface area contributed by atoms with Crippen LogP contribution in [-0.2, 0) is 29.1 Å². The highest BCUT2D eigenvalue weighted by Gasteiger charge is 2.26. The molecule has 2 amide bonds. The summed E-state index contributed by atoms with van der Waals surface area (Å²) < 4.78 is 34.0. The zero-order chi connectivity index (χ0) is 19.2. The van der Waals surface area contributed by atoms with Gasteiger partial charge in [-0.1, -0.05) is 18.2 Å². The minimum Gasteiger partial charge on any atom is -0.453 e. The van der Waals surface area contributed by atoms with Gasteiger partial charge >= 0.3 is 12.1 Å².